The van der Waals surface area contributed by atoms with E-state index in [0.717, 1.165) is 34.1 Å². The Kier molecular flexibility index (Phi) is 4.85. The number of hydrogen-bond donors (Lipinski definition) is 0. The zero-order valence-corrected chi connectivity index (χ0v) is 16.1. The van der Waals surface area contributed by atoms with E-state index in [1.54, 1.807) is 11.3 Å². The molecular weight excluding hydrogens is 334 g/mol. The van der Waals surface area contributed by atoms with E-state index in [4.69, 9.17) is 4.74 Å². The smallest absolute Gasteiger partial charge is 0.153 e. The van der Waals surface area contributed by atoms with Gasteiger partial charge in [-0.15, -0.1) is 11.3 Å². The highest BCUT2D eigenvalue weighted by Gasteiger charge is 2.16. The van der Waals surface area contributed by atoms with Crippen LogP contribution >= 0.6 is 11.3 Å². The molecule has 0 N–H and O–H groups in total. The molecule has 0 unspecified atom stereocenters. The number of fused-ring (bicyclic) bond motifs is 1. The Hall–Kier alpha value is -1.94. The average molecular weight is 356 g/mol. The number of ether oxygens (including phenoxy) is 1. The summed E-state index contributed by atoms with van der Waals surface area (Å²) in [7, 11) is -1.08. The fourth-order valence-electron chi connectivity index (χ4n) is 2.55. The van der Waals surface area contributed by atoms with Crippen LogP contribution in [0.2, 0.25) is 25.7 Å². The molecule has 4 nitrogen and oxygen atoms in total. The highest BCUT2D eigenvalue weighted by atomic mass is 32.1. The first-order valence-electron chi connectivity index (χ1n) is 7.99. The molecule has 3 rings (SSSR count). The lowest BCUT2D eigenvalue weighted by Crippen LogP contribution is -2.21. The fourth-order valence-corrected chi connectivity index (χ4v) is 4.13. The summed E-state index contributed by atoms with van der Waals surface area (Å²) in [5.41, 5.74) is 5.47. The van der Waals surface area contributed by atoms with Crippen molar-refractivity contribution in [3.8, 4) is 17.2 Å². The topological polar surface area (TPSA) is 50.8 Å². The number of hydrogen-bond acceptors (Lipinski definition) is 4. The van der Waals surface area contributed by atoms with Crippen molar-refractivity contribution in [3.63, 3.8) is 0 Å². The highest BCUT2D eigenvalue weighted by Crippen LogP contribution is 2.34. The summed E-state index contributed by atoms with van der Waals surface area (Å²) >= 11 is 1.60. The van der Waals surface area contributed by atoms with Crippen molar-refractivity contribution in [2.75, 3.05) is 6.61 Å². The predicted octanol–water partition coefficient (Wildman–Crippen LogP) is 4.95. The Labute approximate surface area is 147 Å². The van der Waals surface area contributed by atoms with Gasteiger partial charge in [0.25, 0.3) is 0 Å². The van der Waals surface area contributed by atoms with Crippen molar-refractivity contribution < 1.29 is 4.74 Å². The minimum absolute atomic E-state index is 0.499. The summed E-state index contributed by atoms with van der Waals surface area (Å²) in [5, 5.41) is 9.37. The third kappa shape index (κ3) is 3.59. The molecule has 0 atom stereocenters. The molecule has 0 saturated carbocycles. The van der Waals surface area contributed by atoms with Crippen LogP contribution < -0.4 is 0 Å². The molecule has 0 aliphatic carbocycles. The van der Waals surface area contributed by atoms with Gasteiger partial charge in [0.15, 0.2) is 5.65 Å². The predicted molar refractivity (Wildman–Crippen MR) is 102 cm³/mol. The van der Waals surface area contributed by atoms with Gasteiger partial charge in [0.1, 0.15) is 6.73 Å². The summed E-state index contributed by atoms with van der Waals surface area (Å²) in [6.45, 7) is 8.33. The van der Waals surface area contributed by atoms with E-state index in [1.807, 2.05) is 34.3 Å². The summed E-state index contributed by atoms with van der Waals surface area (Å²) in [4.78, 5) is 4.48. The maximum absolute atomic E-state index is 9.37. The minimum Gasteiger partial charge on any atom is -0.361 e. The van der Waals surface area contributed by atoms with E-state index in [2.05, 4.69) is 36.9 Å². The van der Waals surface area contributed by atoms with Crippen LogP contribution in [0.3, 0.4) is 0 Å². The highest BCUT2D eigenvalue weighted by molar-refractivity contribution is 7.17. The molecule has 3 aromatic rings. The van der Waals surface area contributed by atoms with E-state index >= 15 is 0 Å². The van der Waals surface area contributed by atoms with Crippen molar-refractivity contribution in [3.05, 3.63) is 41.5 Å². The van der Waals surface area contributed by atoms with Crippen LogP contribution in [-0.2, 0) is 11.5 Å². The zero-order chi connectivity index (χ0) is 17.2. The fraction of sp³-hybridized carbons (Fsp3) is 0.333. The molecule has 0 aliphatic heterocycles. The number of nitrogens with zero attached hydrogens (tertiary/aromatic N) is 3. The molecule has 0 fully saturated rings. The van der Waals surface area contributed by atoms with Gasteiger partial charge in [0.05, 0.1) is 21.8 Å². The lowest BCUT2D eigenvalue weighted by atomic mass is 10.0. The quantitative estimate of drug-likeness (QED) is 0.464. The molecule has 24 heavy (non-hydrogen) atoms. The van der Waals surface area contributed by atoms with Gasteiger partial charge in [-0.1, -0.05) is 37.8 Å². The Balaban J connectivity index is 1.87. The molecule has 0 aliphatic rings. The molecule has 124 valence electrons. The van der Waals surface area contributed by atoms with E-state index in [-0.39, 0.29) is 0 Å². The molecule has 0 saturated heterocycles. The van der Waals surface area contributed by atoms with E-state index < -0.39 is 8.07 Å². The minimum atomic E-state index is -1.08. The molecular formula is C18H21N3OSSi. The van der Waals surface area contributed by atoms with Gasteiger partial charge in [-0.25, -0.2) is 4.98 Å². The number of nitriles is 1. The van der Waals surface area contributed by atoms with Crippen molar-refractivity contribution >= 4 is 29.8 Å². The third-order valence-corrected chi connectivity index (χ3v) is 6.47. The average Bonchev–Trinajstić information content (AvgIpc) is 3.14. The number of aromatic nitrogens is 2. The van der Waals surface area contributed by atoms with Crippen LogP contribution in [0, 0.1) is 11.3 Å². The van der Waals surface area contributed by atoms with Crippen LogP contribution in [0.1, 0.15) is 5.56 Å². The molecule has 2 aromatic heterocycles. The summed E-state index contributed by atoms with van der Waals surface area (Å²) in [6, 6.07) is 11.1. The Morgan fingerprint density at radius 1 is 1.25 bits per heavy atom. The third-order valence-electron chi connectivity index (χ3n) is 3.91. The van der Waals surface area contributed by atoms with Crippen LogP contribution in [-0.4, -0.2) is 24.2 Å². The van der Waals surface area contributed by atoms with Gasteiger partial charge in [-0.3, -0.25) is 0 Å². The second-order valence-corrected chi connectivity index (χ2v) is 13.5. The van der Waals surface area contributed by atoms with Gasteiger partial charge < -0.3 is 9.30 Å². The first-order chi connectivity index (χ1) is 11.5. The molecule has 2 heterocycles. The molecule has 1 aromatic carbocycles. The van der Waals surface area contributed by atoms with Crippen molar-refractivity contribution in [1.29, 1.82) is 5.26 Å². The summed E-state index contributed by atoms with van der Waals surface area (Å²) in [6.07, 6.45) is 2.05. The van der Waals surface area contributed by atoms with Crippen molar-refractivity contribution in [2.24, 2.45) is 0 Å². The maximum atomic E-state index is 9.37. The monoisotopic (exact) mass is 355 g/mol. The second kappa shape index (κ2) is 6.89. The van der Waals surface area contributed by atoms with Crippen LogP contribution in [0.25, 0.3) is 21.5 Å². The molecule has 0 amide bonds. The lowest BCUT2D eigenvalue weighted by molar-refractivity contribution is 0.0899. The SMILES string of the molecule is C[Si](C)(C)CCOCn1cc(-c2ccccc2C#N)c2scnc21. The van der Waals surface area contributed by atoms with Crippen LogP contribution in [0.4, 0.5) is 0 Å². The van der Waals surface area contributed by atoms with Gasteiger partial charge in [-0.2, -0.15) is 5.26 Å². The number of benzene rings is 1. The normalized spacial score (nSPS) is 11.8. The number of thiazole rings is 1. The van der Waals surface area contributed by atoms with Gasteiger partial charge in [0, 0.05) is 32.0 Å². The van der Waals surface area contributed by atoms with Gasteiger partial charge >= 0.3 is 0 Å². The first-order valence-corrected chi connectivity index (χ1v) is 12.6. The Bertz CT molecular complexity index is 886. The van der Waals surface area contributed by atoms with Gasteiger partial charge in [-0.05, 0) is 12.1 Å². The molecule has 0 radical (unpaired) electrons. The largest absolute Gasteiger partial charge is 0.361 e. The molecule has 0 spiro atoms. The van der Waals surface area contributed by atoms with Crippen LogP contribution in [0.5, 0.6) is 0 Å². The second-order valence-electron chi connectivity index (χ2n) is 7.02. The van der Waals surface area contributed by atoms with Gasteiger partial charge in [0.2, 0.25) is 0 Å². The summed E-state index contributed by atoms with van der Waals surface area (Å²) < 4.78 is 9.02. The Morgan fingerprint density at radius 2 is 2.04 bits per heavy atom. The lowest BCUT2D eigenvalue weighted by Gasteiger charge is -2.15. The zero-order valence-electron chi connectivity index (χ0n) is 14.2. The standard InChI is InChI=1S/C18H21N3OSSi/c1-24(2,3)9-8-22-13-21-11-16(17-18(21)20-12-23-17)15-7-5-4-6-14(15)10-19/h4-7,11-12H,8-9,13H2,1-3H3. The summed E-state index contributed by atoms with van der Waals surface area (Å²) in [5.74, 6) is 0. The van der Waals surface area contributed by atoms with Crippen molar-refractivity contribution in [1.82, 2.24) is 9.55 Å². The Morgan fingerprint density at radius 3 is 2.79 bits per heavy atom. The maximum Gasteiger partial charge on any atom is 0.153 e. The molecule has 0 bridgehead atoms. The van der Waals surface area contributed by atoms with E-state index in [9.17, 15) is 5.26 Å². The van der Waals surface area contributed by atoms with E-state index in [1.165, 1.54) is 0 Å². The van der Waals surface area contributed by atoms with E-state index in [0.29, 0.717) is 12.3 Å². The molecule has 6 heteroatoms. The first kappa shape index (κ1) is 16.9. The van der Waals surface area contributed by atoms with Crippen molar-refractivity contribution in [2.45, 2.75) is 32.4 Å². The number of rotatable bonds is 6. The van der Waals surface area contributed by atoms with Crippen LogP contribution in [0.15, 0.2) is 36.0 Å².